The van der Waals surface area contributed by atoms with E-state index in [0.717, 1.165) is 14.2 Å². The molecule has 0 aromatic rings. The molecule has 0 saturated heterocycles. The maximum absolute atomic E-state index is 10.5. The standard InChI is InChI=1S/C3H6NO3P.3HI.Sm/c1-6-8(5,3-4)7-2;;;;/h1-2H3;3*1H;/q;;;;+3/p-3. The fourth-order valence-electron chi connectivity index (χ4n) is 0.156. The van der Waals surface area contributed by atoms with Crippen molar-refractivity contribution in [3.8, 4) is 5.81 Å². The average Bonchev–Trinajstić information content (AvgIpc) is 2.02. The van der Waals surface area contributed by atoms with Crippen LogP contribution in [-0.4, -0.2) is 14.2 Å². The molecular weight excluding hydrogens is 660 g/mol. The van der Waals surface area contributed by atoms with Gasteiger partial charge in [-0.3, -0.25) is 0 Å². The van der Waals surface area contributed by atoms with E-state index < -0.39 is 25.6 Å². The quantitative estimate of drug-likeness (QED) is 0.334. The van der Waals surface area contributed by atoms with Gasteiger partial charge in [-0.1, -0.05) is 0 Å². The van der Waals surface area contributed by atoms with Crippen LogP contribution in [0.15, 0.2) is 0 Å². The Balaban J connectivity index is 0. The minimum atomic E-state index is -3.36. The Kier molecular flexibility index (Phi) is 15.6. The predicted octanol–water partition coefficient (Wildman–Crippen LogP) is 3.61. The van der Waals surface area contributed by atoms with Crippen molar-refractivity contribution in [1.29, 1.82) is 5.26 Å². The van der Waals surface area contributed by atoms with Crippen LogP contribution in [0.1, 0.15) is 0 Å². The Morgan fingerprint density at radius 3 is 1.58 bits per heavy atom. The SMILES string of the molecule is COP(=O)(C#N)OC.[I][Sm]([I])[I]. The van der Waals surface area contributed by atoms with Gasteiger partial charge in [0.05, 0.1) is 0 Å². The van der Waals surface area contributed by atoms with Gasteiger partial charge in [-0.25, -0.2) is 4.57 Å². The summed E-state index contributed by atoms with van der Waals surface area (Å²) in [5.74, 6) is 1.39. The third-order valence-electron chi connectivity index (χ3n) is 0.603. The zero-order valence-corrected chi connectivity index (χ0v) is 16.1. The summed E-state index contributed by atoms with van der Waals surface area (Å²) >= 11 is 6.92. The van der Waals surface area contributed by atoms with Crippen molar-refractivity contribution in [3.63, 3.8) is 0 Å². The molecule has 0 aliphatic carbocycles. The van der Waals surface area contributed by atoms with Gasteiger partial charge in [0.25, 0.3) is 0 Å². The summed E-state index contributed by atoms with van der Waals surface area (Å²) < 4.78 is 18.9. The van der Waals surface area contributed by atoms with Crippen molar-refractivity contribution < 1.29 is 31.6 Å². The topological polar surface area (TPSA) is 59.3 Å². The zero-order valence-electron chi connectivity index (χ0n) is 6.16. The zero-order chi connectivity index (χ0) is 10.2. The van der Waals surface area contributed by atoms with Gasteiger partial charge in [0, 0.05) is 14.2 Å². The Bertz CT molecular complexity index is 185. The molecule has 0 saturated carbocycles. The maximum atomic E-state index is 10.5. The molecule has 0 bridgehead atoms. The van der Waals surface area contributed by atoms with E-state index in [1.165, 1.54) is 5.81 Å². The Morgan fingerprint density at radius 2 is 1.58 bits per heavy atom. The van der Waals surface area contributed by atoms with Crippen LogP contribution in [-0.2, 0) is 13.6 Å². The second kappa shape index (κ2) is 10.7. The molecule has 0 aliphatic heterocycles. The first kappa shape index (κ1) is 17.6. The van der Waals surface area contributed by atoms with Gasteiger partial charge in [0.15, 0.2) is 5.81 Å². The van der Waals surface area contributed by atoms with Gasteiger partial charge in [0.2, 0.25) is 0 Å². The van der Waals surface area contributed by atoms with E-state index >= 15 is 0 Å². The Labute approximate surface area is 104 Å². The summed E-state index contributed by atoms with van der Waals surface area (Å²) in [5.41, 5.74) is 0. The van der Waals surface area contributed by atoms with E-state index in [2.05, 4.69) is 51.9 Å². The number of hydrogen-bond donors (Lipinski definition) is 0. The molecule has 12 heavy (non-hydrogen) atoms. The van der Waals surface area contributed by atoms with Crippen LogP contribution in [0.2, 0.25) is 0 Å². The molecule has 0 fully saturated rings. The van der Waals surface area contributed by atoms with E-state index in [9.17, 15) is 4.57 Å². The summed E-state index contributed by atoms with van der Waals surface area (Å²) in [7, 11) is -1.04. The first-order valence-corrected chi connectivity index (χ1v) is 26.4. The molecule has 73 valence electrons. The molecule has 0 radical (unpaired) electrons. The second-order valence-electron chi connectivity index (χ2n) is 1.14. The Morgan fingerprint density at radius 1 is 1.33 bits per heavy atom. The fourth-order valence-corrected chi connectivity index (χ4v) is 0.469. The van der Waals surface area contributed by atoms with Gasteiger partial charge in [-0.2, -0.15) is 5.26 Å². The number of nitrogens with zero attached hydrogens (tertiary/aromatic N) is 1. The van der Waals surface area contributed by atoms with Crippen LogP contribution in [0.5, 0.6) is 0 Å². The van der Waals surface area contributed by atoms with Crippen molar-refractivity contribution in [2.24, 2.45) is 0 Å². The fraction of sp³-hybridized carbons (Fsp3) is 0.667. The van der Waals surface area contributed by atoms with Crippen molar-refractivity contribution in [3.05, 3.63) is 0 Å². The molecule has 0 aliphatic rings. The molecule has 9 heteroatoms. The first-order valence-electron chi connectivity index (χ1n) is 2.27. The van der Waals surface area contributed by atoms with Gasteiger partial charge in [-0.05, 0) is 0 Å². The molecule has 0 unspecified atom stereocenters. The molecule has 0 amide bonds. The first-order chi connectivity index (χ1) is 5.41. The van der Waals surface area contributed by atoms with Gasteiger partial charge in [-0.15, -0.1) is 0 Å². The van der Waals surface area contributed by atoms with Crippen molar-refractivity contribution in [2.45, 2.75) is 0 Å². The third-order valence-corrected chi connectivity index (χ3v) is 1.81. The molecule has 0 N–H and O–H groups in total. The summed E-state index contributed by atoms with van der Waals surface area (Å²) in [4.78, 5) is 0. The second-order valence-corrected chi connectivity index (χ2v) is 61.3. The molecule has 0 aromatic carbocycles. The monoisotopic (exact) mass is 668 g/mol. The van der Waals surface area contributed by atoms with Crippen molar-refractivity contribution in [2.75, 3.05) is 14.2 Å². The molecule has 0 aromatic heterocycles. The van der Waals surface area contributed by atoms with E-state index in [0.29, 0.717) is 0 Å². The van der Waals surface area contributed by atoms with Crippen LogP contribution in [0.25, 0.3) is 0 Å². The minimum absolute atomic E-state index is 0.618. The van der Waals surface area contributed by atoms with Crippen LogP contribution in [0.3, 0.4) is 0 Å². The van der Waals surface area contributed by atoms with Crippen molar-refractivity contribution in [1.82, 2.24) is 0 Å². The number of halogens is 3. The molecular formula is C3H6I3NO3PSm. The molecule has 4 nitrogen and oxygen atoms in total. The predicted molar refractivity (Wildman–Crippen MR) is 69.3 cm³/mol. The number of rotatable bonds is 2. The summed E-state index contributed by atoms with van der Waals surface area (Å²) in [5, 5.41) is 8.02. The van der Waals surface area contributed by atoms with E-state index in [1.807, 2.05) is 0 Å². The van der Waals surface area contributed by atoms with Crippen molar-refractivity contribution >= 4 is 50.5 Å². The van der Waals surface area contributed by atoms with Crippen LogP contribution >= 0.6 is 50.5 Å². The van der Waals surface area contributed by atoms with Gasteiger partial charge < -0.3 is 9.05 Å². The average molecular weight is 666 g/mol. The van der Waals surface area contributed by atoms with Crippen LogP contribution in [0, 0.1) is 29.1 Å². The molecule has 0 atom stereocenters. The third kappa shape index (κ3) is 13.2. The van der Waals surface area contributed by atoms with E-state index in [1.54, 1.807) is 0 Å². The van der Waals surface area contributed by atoms with Gasteiger partial charge in [0.1, 0.15) is 0 Å². The normalized spacial score (nSPS) is 10.1. The molecule has 0 rings (SSSR count). The summed E-state index contributed by atoms with van der Waals surface area (Å²) in [6.45, 7) is 0. The van der Waals surface area contributed by atoms with E-state index in [4.69, 9.17) is 5.26 Å². The Hall–Kier alpha value is 3.17. The summed E-state index contributed by atoms with van der Waals surface area (Å²) in [6.07, 6.45) is 0. The van der Waals surface area contributed by atoms with E-state index in [-0.39, 0.29) is 0 Å². The number of nitriles is 1. The molecule has 0 heterocycles. The van der Waals surface area contributed by atoms with Crippen LogP contribution < -0.4 is 0 Å². The van der Waals surface area contributed by atoms with Crippen LogP contribution in [0.4, 0.5) is 0 Å². The number of hydrogen-bond acceptors (Lipinski definition) is 4. The molecule has 0 spiro atoms. The van der Waals surface area contributed by atoms with Gasteiger partial charge >= 0.3 is 68.5 Å². The summed E-state index contributed by atoms with van der Waals surface area (Å²) in [6, 6.07) is 0.